The summed E-state index contributed by atoms with van der Waals surface area (Å²) in [5.74, 6) is -0.913. The third kappa shape index (κ3) is 5.39. The molecule has 0 radical (unpaired) electrons. The minimum Gasteiger partial charge on any atom is -0.478 e. The molecule has 3 heterocycles. The zero-order valence-corrected chi connectivity index (χ0v) is 17.5. The van der Waals surface area contributed by atoms with Crippen LogP contribution in [0.3, 0.4) is 0 Å². The Hall–Kier alpha value is -3.69. The average molecular weight is 458 g/mol. The van der Waals surface area contributed by atoms with Crippen molar-refractivity contribution in [2.24, 2.45) is 0 Å². The van der Waals surface area contributed by atoms with Gasteiger partial charge in [-0.25, -0.2) is 14.3 Å². The number of aromatic nitrogens is 3. The monoisotopic (exact) mass is 458 g/mol. The van der Waals surface area contributed by atoms with E-state index in [0.29, 0.717) is 30.9 Å². The van der Waals surface area contributed by atoms with Crippen LogP contribution in [0, 0.1) is 0 Å². The molecule has 0 spiro atoms. The Bertz CT molecular complexity index is 1220. The van der Waals surface area contributed by atoms with Gasteiger partial charge in [0.05, 0.1) is 12.0 Å². The van der Waals surface area contributed by atoms with Crippen LogP contribution in [0.15, 0.2) is 48.7 Å². The number of hydrogen-bond acceptors (Lipinski definition) is 4. The lowest BCUT2D eigenvalue weighted by molar-refractivity contribution is -0.148. The first-order valence-corrected chi connectivity index (χ1v) is 10.4. The second-order valence-corrected chi connectivity index (χ2v) is 7.83. The van der Waals surface area contributed by atoms with Gasteiger partial charge in [0.1, 0.15) is 0 Å². The largest absolute Gasteiger partial charge is 0.478 e. The fourth-order valence-corrected chi connectivity index (χ4v) is 3.77. The van der Waals surface area contributed by atoms with Gasteiger partial charge in [0, 0.05) is 37.7 Å². The molecule has 10 heteroatoms. The quantitative estimate of drug-likeness (QED) is 0.604. The van der Waals surface area contributed by atoms with Crippen molar-refractivity contribution >= 4 is 23.1 Å². The molecule has 4 rings (SSSR count). The highest BCUT2D eigenvalue weighted by molar-refractivity contribution is 5.87. The first kappa shape index (κ1) is 22.5. The first-order chi connectivity index (χ1) is 15.7. The third-order valence-electron chi connectivity index (χ3n) is 5.50. The number of alkyl halides is 3. The number of benzene rings is 1. The second kappa shape index (κ2) is 9.05. The molecule has 33 heavy (non-hydrogen) atoms. The lowest BCUT2D eigenvalue weighted by Crippen LogP contribution is -2.35. The van der Waals surface area contributed by atoms with Crippen LogP contribution in [0.25, 0.3) is 11.2 Å². The molecule has 7 nitrogen and oxygen atoms in total. The molecule has 0 atom stereocenters. The summed E-state index contributed by atoms with van der Waals surface area (Å²) in [6.07, 6.45) is -1.42. The first-order valence-electron chi connectivity index (χ1n) is 10.4. The van der Waals surface area contributed by atoms with Crippen LogP contribution in [0.5, 0.6) is 0 Å². The Balaban J connectivity index is 1.48. The molecule has 0 saturated carbocycles. The van der Waals surface area contributed by atoms with Gasteiger partial charge in [-0.2, -0.15) is 18.3 Å². The van der Waals surface area contributed by atoms with Crippen molar-refractivity contribution in [2.45, 2.75) is 31.9 Å². The van der Waals surface area contributed by atoms with Crippen LogP contribution in [0.4, 0.5) is 13.2 Å². The Kier molecular flexibility index (Phi) is 6.17. The van der Waals surface area contributed by atoms with Crippen LogP contribution < -0.4 is 0 Å². The molecule has 1 aliphatic heterocycles. The molecule has 0 saturated heterocycles. The summed E-state index contributed by atoms with van der Waals surface area (Å²) in [5, 5.41) is 13.5. The molecule has 0 unspecified atom stereocenters. The maximum atomic E-state index is 12.4. The lowest BCUT2D eigenvalue weighted by atomic mass is 10.00. The van der Waals surface area contributed by atoms with E-state index in [9.17, 15) is 22.8 Å². The highest BCUT2D eigenvalue weighted by atomic mass is 19.4. The summed E-state index contributed by atoms with van der Waals surface area (Å²) in [4.78, 5) is 29.2. The number of aromatic carboxylic acids is 1. The number of nitrogens with zero attached hydrogens (tertiary/aromatic N) is 4. The van der Waals surface area contributed by atoms with Gasteiger partial charge in [-0.3, -0.25) is 4.79 Å². The Morgan fingerprint density at radius 2 is 1.88 bits per heavy atom. The Morgan fingerprint density at radius 3 is 2.52 bits per heavy atom. The Morgan fingerprint density at radius 1 is 1.12 bits per heavy atom. The summed E-state index contributed by atoms with van der Waals surface area (Å²) >= 11 is 0. The molecule has 0 fully saturated rings. The standard InChI is InChI=1S/C23H21F3N4O3/c24-23(25,26)10-7-20(31)29-12-8-16(9-13-29)18-2-1-11-30-21(18)27-19(28-30)14-15-3-5-17(6-4-15)22(32)33/h1-6,8,11H,7,9-10,12-14H2,(H,32,33). The predicted molar refractivity (Wildman–Crippen MR) is 114 cm³/mol. The minimum absolute atomic E-state index is 0.208. The predicted octanol–water partition coefficient (Wildman–Crippen LogP) is 3.98. The number of hydrogen-bond donors (Lipinski definition) is 1. The van der Waals surface area contributed by atoms with E-state index >= 15 is 0 Å². The van der Waals surface area contributed by atoms with Gasteiger partial charge in [0.2, 0.25) is 5.91 Å². The van der Waals surface area contributed by atoms with Crippen LogP contribution in [0.2, 0.25) is 0 Å². The van der Waals surface area contributed by atoms with Crippen LogP contribution >= 0.6 is 0 Å². The highest BCUT2D eigenvalue weighted by Gasteiger charge is 2.29. The van der Waals surface area contributed by atoms with Crippen LogP contribution in [-0.4, -0.2) is 55.7 Å². The van der Waals surface area contributed by atoms with E-state index < -0.39 is 30.9 Å². The van der Waals surface area contributed by atoms with Crippen molar-refractivity contribution < 1.29 is 27.9 Å². The van der Waals surface area contributed by atoms with Crippen molar-refractivity contribution in [3.05, 3.63) is 71.2 Å². The fourth-order valence-electron chi connectivity index (χ4n) is 3.77. The maximum Gasteiger partial charge on any atom is 0.389 e. The number of rotatable bonds is 6. The van der Waals surface area contributed by atoms with Crippen LogP contribution in [0.1, 0.15) is 46.6 Å². The van der Waals surface area contributed by atoms with Gasteiger partial charge < -0.3 is 10.0 Å². The number of carboxylic acid groups (broad SMARTS) is 1. The second-order valence-electron chi connectivity index (χ2n) is 7.83. The van der Waals surface area contributed by atoms with Gasteiger partial charge in [-0.05, 0) is 41.8 Å². The zero-order chi connectivity index (χ0) is 23.6. The van der Waals surface area contributed by atoms with Gasteiger partial charge in [0.25, 0.3) is 0 Å². The summed E-state index contributed by atoms with van der Waals surface area (Å²) in [5.41, 5.74) is 3.56. The summed E-state index contributed by atoms with van der Waals surface area (Å²) in [7, 11) is 0. The van der Waals surface area contributed by atoms with E-state index in [2.05, 4.69) is 10.1 Å². The zero-order valence-electron chi connectivity index (χ0n) is 17.5. The van der Waals surface area contributed by atoms with E-state index in [1.165, 1.54) is 17.0 Å². The molecular formula is C23H21F3N4O3. The van der Waals surface area contributed by atoms with Crippen molar-refractivity contribution in [3.8, 4) is 0 Å². The number of halogens is 3. The van der Waals surface area contributed by atoms with E-state index in [1.54, 1.807) is 22.8 Å². The molecule has 1 N–H and O–H groups in total. The van der Waals surface area contributed by atoms with Gasteiger partial charge >= 0.3 is 12.1 Å². The number of carboxylic acids is 1. The summed E-state index contributed by atoms with van der Waals surface area (Å²) in [6.45, 7) is 0.602. The molecule has 1 aliphatic rings. The molecule has 3 aromatic rings. The third-order valence-corrected chi connectivity index (χ3v) is 5.50. The highest BCUT2D eigenvalue weighted by Crippen LogP contribution is 2.27. The van der Waals surface area contributed by atoms with E-state index in [0.717, 1.165) is 16.7 Å². The van der Waals surface area contributed by atoms with Crippen molar-refractivity contribution in [2.75, 3.05) is 13.1 Å². The van der Waals surface area contributed by atoms with E-state index in [4.69, 9.17) is 5.11 Å². The molecule has 172 valence electrons. The maximum absolute atomic E-state index is 12.4. The number of pyridine rings is 1. The number of amides is 1. The Labute approximate surface area is 187 Å². The SMILES string of the molecule is O=C(O)c1ccc(Cc2nc3c(C4=CCN(C(=O)CCC(F)(F)F)CC4)cccn3n2)cc1. The summed E-state index contributed by atoms with van der Waals surface area (Å²) < 4.78 is 38.8. The molecule has 0 aliphatic carbocycles. The van der Waals surface area contributed by atoms with Gasteiger partial charge in [-0.1, -0.05) is 18.2 Å². The molecule has 1 amide bonds. The number of carbonyl (C=O) groups excluding carboxylic acids is 1. The number of carbonyl (C=O) groups is 2. The smallest absolute Gasteiger partial charge is 0.389 e. The molecule has 2 aromatic heterocycles. The van der Waals surface area contributed by atoms with Crippen LogP contribution in [-0.2, 0) is 11.2 Å². The lowest BCUT2D eigenvalue weighted by Gasteiger charge is -2.27. The molecule has 0 bridgehead atoms. The van der Waals surface area contributed by atoms with E-state index in [1.807, 2.05) is 18.2 Å². The van der Waals surface area contributed by atoms with Crippen molar-refractivity contribution in [3.63, 3.8) is 0 Å². The summed E-state index contributed by atoms with van der Waals surface area (Å²) in [6, 6.07) is 10.3. The fraction of sp³-hybridized carbons (Fsp3) is 0.304. The van der Waals surface area contributed by atoms with Crippen molar-refractivity contribution in [1.82, 2.24) is 19.5 Å². The topological polar surface area (TPSA) is 87.8 Å². The number of fused-ring (bicyclic) bond motifs is 1. The molecule has 1 aromatic carbocycles. The van der Waals surface area contributed by atoms with Gasteiger partial charge in [0.15, 0.2) is 11.5 Å². The minimum atomic E-state index is -4.34. The van der Waals surface area contributed by atoms with Crippen molar-refractivity contribution in [1.29, 1.82) is 0 Å². The average Bonchev–Trinajstić information content (AvgIpc) is 3.20. The van der Waals surface area contributed by atoms with Gasteiger partial charge in [-0.15, -0.1) is 0 Å². The normalized spacial score (nSPS) is 14.4. The van der Waals surface area contributed by atoms with E-state index in [-0.39, 0.29) is 12.1 Å². The molecular weight excluding hydrogens is 437 g/mol.